The smallest absolute Gasteiger partial charge is 0.341 e. The zero-order valence-electron chi connectivity index (χ0n) is 15.5. The highest BCUT2D eigenvalue weighted by atomic mass is 16.6. The van der Waals surface area contributed by atoms with Gasteiger partial charge in [0.05, 0.1) is 17.6 Å². The van der Waals surface area contributed by atoms with Crippen molar-refractivity contribution in [3.05, 3.63) is 63.7 Å². The lowest BCUT2D eigenvalue weighted by molar-refractivity contribution is -0.384. The molecule has 0 fully saturated rings. The molecule has 2 aromatic rings. The second kappa shape index (κ2) is 9.36. The maximum absolute atomic E-state index is 12.2. The number of carbonyl (C=O) groups excluding carboxylic acids is 2. The number of benzene rings is 2. The van der Waals surface area contributed by atoms with Crippen molar-refractivity contribution in [1.29, 1.82) is 0 Å². The Balaban J connectivity index is 1.88. The van der Waals surface area contributed by atoms with Gasteiger partial charge in [-0.2, -0.15) is 0 Å². The van der Waals surface area contributed by atoms with Crippen LogP contribution in [0.3, 0.4) is 0 Å². The first kappa shape index (κ1) is 20.7. The Morgan fingerprint density at radius 3 is 2.50 bits per heavy atom. The van der Waals surface area contributed by atoms with E-state index < -0.39 is 22.9 Å². The number of anilines is 1. The van der Waals surface area contributed by atoms with E-state index in [4.69, 9.17) is 15.2 Å². The third-order valence-electron chi connectivity index (χ3n) is 3.99. The van der Waals surface area contributed by atoms with E-state index in [0.717, 1.165) is 17.4 Å². The molecule has 0 radical (unpaired) electrons. The summed E-state index contributed by atoms with van der Waals surface area (Å²) < 4.78 is 10.2. The first-order valence-corrected chi connectivity index (χ1v) is 8.47. The minimum Gasteiger partial charge on any atom is -0.497 e. The Morgan fingerprint density at radius 1 is 1.21 bits per heavy atom. The molecule has 3 N–H and O–H groups in total. The van der Waals surface area contributed by atoms with Crippen LogP contribution >= 0.6 is 0 Å². The number of nitrogens with one attached hydrogen (secondary N) is 1. The molecule has 9 heteroatoms. The number of amides is 1. The average Bonchev–Trinajstić information content (AvgIpc) is 2.68. The molecule has 0 aliphatic rings. The van der Waals surface area contributed by atoms with Crippen LogP contribution in [0.25, 0.3) is 0 Å². The largest absolute Gasteiger partial charge is 0.497 e. The van der Waals surface area contributed by atoms with Crippen LogP contribution < -0.4 is 15.8 Å². The first-order chi connectivity index (χ1) is 13.3. The van der Waals surface area contributed by atoms with E-state index in [2.05, 4.69) is 5.32 Å². The van der Waals surface area contributed by atoms with Crippen molar-refractivity contribution in [3.63, 3.8) is 0 Å². The molecular formula is C19H21N3O6. The Morgan fingerprint density at radius 2 is 1.89 bits per heavy atom. The molecule has 0 saturated heterocycles. The number of nitro groups is 1. The summed E-state index contributed by atoms with van der Waals surface area (Å²) in [6.45, 7) is 1.76. The molecule has 0 saturated carbocycles. The fourth-order valence-corrected chi connectivity index (χ4v) is 2.38. The number of hydrogen-bond acceptors (Lipinski definition) is 7. The number of ether oxygens (including phenoxy) is 2. The van der Waals surface area contributed by atoms with Crippen LogP contribution in [0.2, 0.25) is 0 Å². The van der Waals surface area contributed by atoms with Crippen molar-refractivity contribution < 1.29 is 24.0 Å². The summed E-state index contributed by atoms with van der Waals surface area (Å²) in [5.74, 6) is -0.640. The fraction of sp³-hybridized carbons (Fsp3) is 0.263. The molecular weight excluding hydrogens is 366 g/mol. The van der Waals surface area contributed by atoms with Crippen LogP contribution in [0.4, 0.5) is 11.4 Å². The van der Waals surface area contributed by atoms with E-state index in [-0.39, 0.29) is 16.9 Å². The van der Waals surface area contributed by atoms with Crippen LogP contribution in [0.5, 0.6) is 5.75 Å². The molecule has 1 amide bonds. The molecule has 0 heterocycles. The minimum atomic E-state index is -1.08. The van der Waals surface area contributed by atoms with E-state index in [9.17, 15) is 19.7 Å². The monoisotopic (exact) mass is 387 g/mol. The average molecular weight is 387 g/mol. The Labute approximate surface area is 161 Å². The maximum Gasteiger partial charge on any atom is 0.341 e. The number of non-ortho nitro benzene ring substituents is 1. The van der Waals surface area contributed by atoms with Gasteiger partial charge in [0, 0.05) is 24.4 Å². The van der Waals surface area contributed by atoms with E-state index in [1.807, 2.05) is 24.3 Å². The topological polar surface area (TPSA) is 134 Å². The van der Waals surface area contributed by atoms with Crippen LogP contribution in [0.1, 0.15) is 22.8 Å². The SMILES string of the molecule is COc1ccc(CCNC(=O)[C@H](C)OC(=O)c2cc([N+](=O)[O-])ccc2N)cc1. The summed E-state index contributed by atoms with van der Waals surface area (Å²) in [6, 6.07) is 10.9. The minimum absolute atomic E-state index is 0.0303. The third kappa shape index (κ3) is 5.44. The van der Waals surface area contributed by atoms with Crippen molar-refractivity contribution in [3.8, 4) is 5.75 Å². The van der Waals surface area contributed by atoms with Gasteiger partial charge in [0.1, 0.15) is 5.75 Å². The van der Waals surface area contributed by atoms with Crippen LogP contribution in [-0.4, -0.2) is 36.6 Å². The van der Waals surface area contributed by atoms with Crippen molar-refractivity contribution >= 4 is 23.3 Å². The molecule has 0 aromatic heterocycles. The summed E-state index contributed by atoms with van der Waals surface area (Å²) in [6.07, 6.45) is -0.490. The highest BCUT2D eigenvalue weighted by Gasteiger charge is 2.22. The molecule has 0 unspecified atom stereocenters. The Hall–Kier alpha value is -3.62. The van der Waals surface area contributed by atoms with Gasteiger partial charge in [-0.1, -0.05) is 12.1 Å². The summed E-state index contributed by atoms with van der Waals surface area (Å²) in [4.78, 5) is 34.5. The standard InChI is InChI=1S/C19H21N3O6/c1-12(18(23)21-10-9-13-3-6-15(27-2)7-4-13)28-19(24)16-11-14(22(25)26)5-8-17(16)20/h3-8,11-12H,9-10,20H2,1-2H3,(H,21,23)/t12-/m0/s1. The van der Waals surface area contributed by atoms with Crippen molar-refractivity contribution in [1.82, 2.24) is 5.32 Å². The van der Waals surface area contributed by atoms with Gasteiger partial charge in [0.25, 0.3) is 11.6 Å². The number of hydrogen-bond donors (Lipinski definition) is 2. The zero-order chi connectivity index (χ0) is 20.7. The fourth-order valence-electron chi connectivity index (χ4n) is 2.38. The molecule has 9 nitrogen and oxygen atoms in total. The molecule has 0 aliphatic heterocycles. The van der Waals surface area contributed by atoms with Gasteiger partial charge < -0.3 is 20.5 Å². The van der Waals surface area contributed by atoms with E-state index in [1.165, 1.54) is 19.1 Å². The van der Waals surface area contributed by atoms with Crippen LogP contribution in [0.15, 0.2) is 42.5 Å². The Bertz CT molecular complexity index is 866. The second-order valence-electron chi connectivity index (χ2n) is 5.97. The number of rotatable bonds is 8. The number of nitrogens with two attached hydrogens (primary N) is 1. The van der Waals surface area contributed by atoms with Gasteiger partial charge in [-0.05, 0) is 37.1 Å². The maximum atomic E-state index is 12.2. The first-order valence-electron chi connectivity index (χ1n) is 8.47. The lowest BCUT2D eigenvalue weighted by Crippen LogP contribution is -2.37. The van der Waals surface area contributed by atoms with Crippen molar-refractivity contribution in [2.75, 3.05) is 19.4 Å². The predicted molar refractivity (Wildman–Crippen MR) is 102 cm³/mol. The van der Waals surface area contributed by atoms with E-state index >= 15 is 0 Å². The molecule has 0 spiro atoms. The molecule has 2 rings (SSSR count). The molecule has 2 aromatic carbocycles. The van der Waals surface area contributed by atoms with Crippen molar-refractivity contribution in [2.24, 2.45) is 0 Å². The van der Waals surface area contributed by atoms with Crippen molar-refractivity contribution in [2.45, 2.75) is 19.4 Å². The number of carbonyl (C=O) groups is 2. The highest BCUT2D eigenvalue weighted by molar-refractivity contribution is 5.97. The van der Waals surface area contributed by atoms with E-state index in [1.54, 1.807) is 7.11 Å². The van der Waals surface area contributed by atoms with Gasteiger partial charge >= 0.3 is 5.97 Å². The predicted octanol–water partition coefficient (Wildman–Crippen LogP) is 2.09. The second-order valence-corrected chi connectivity index (χ2v) is 5.97. The van der Waals surface area contributed by atoms with Gasteiger partial charge in [-0.15, -0.1) is 0 Å². The number of methoxy groups -OCH3 is 1. The van der Waals surface area contributed by atoms with Gasteiger partial charge in [-0.3, -0.25) is 14.9 Å². The molecule has 0 aliphatic carbocycles. The zero-order valence-corrected chi connectivity index (χ0v) is 15.5. The number of nitro benzene ring substituents is 1. The third-order valence-corrected chi connectivity index (χ3v) is 3.99. The molecule has 1 atom stereocenters. The lowest BCUT2D eigenvalue weighted by atomic mass is 10.1. The summed E-state index contributed by atoms with van der Waals surface area (Å²) in [5, 5.41) is 13.5. The number of esters is 1. The van der Waals surface area contributed by atoms with Crippen LogP contribution in [-0.2, 0) is 16.0 Å². The summed E-state index contributed by atoms with van der Waals surface area (Å²) in [5.41, 5.74) is 6.26. The number of nitrogens with zero attached hydrogens (tertiary/aromatic N) is 1. The summed E-state index contributed by atoms with van der Waals surface area (Å²) in [7, 11) is 1.58. The molecule has 28 heavy (non-hydrogen) atoms. The normalized spacial score (nSPS) is 11.4. The number of nitrogen functional groups attached to an aromatic ring is 1. The van der Waals surface area contributed by atoms with Crippen LogP contribution in [0, 0.1) is 10.1 Å². The lowest BCUT2D eigenvalue weighted by Gasteiger charge is -2.14. The van der Waals surface area contributed by atoms with Gasteiger partial charge in [-0.25, -0.2) is 4.79 Å². The molecule has 148 valence electrons. The van der Waals surface area contributed by atoms with Gasteiger partial charge in [0.2, 0.25) is 0 Å². The summed E-state index contributed by atoms with van der Waals surface area (Å²) >= 11 is 0. The Kier molecular flexibility index (Phi) is 6.91. The van der Waals surface area contributed by atoms with E-state index in [0.29, 0.717) is 13.0 Å². The quantitative estimate of drug-likeness (QED) is 0.306. The molecule has 0 bridgehead atoms. The highest BCUT2D eigenvalue weighted by Crippen LogP contribution is 2.21. The van der Waals surface area contributed by atoms with Gasteiger partial charge in [0.15, 0.2) is 6.10 Å².